The lowest BCUT2D eigenvalue weighted by Crippen LogP contribution is -2.09. The average Bonchev–Trinajstić information content (AvgIpc) is 3.15. The first-order valence-corrected chi connectivity index (χ1v) is 10.1. The van der Waals surface area contributed by atoms with Gasteiger partial charge in [0.25, 0.3) is 0 Å². The highest BCUT2D eigenvalue weighted by atomic mass is 35.5. The number of benzene rings is 3. The number of methoxy groups -OCH3 is 1. The highest BCUT2D eigenvalue weighted by Gasteiger charge is 2.25. The van der Waals surface area contributed by atoms with Gasteiger partial charge in [0, 0.05) is 0 Å². The van der Waals surface area contributed by atoms with Gasteiger partial charge < -0.3 is 14.2 Å². The molecule has 0 aliphatic carbocycles. The van der Waals surface area contributed by atoms with Crippen LogP contribution in [0.15, 0.2) is 77.4 Å². The SMILES string of the molecule is COc1cc(C=C2N=C(c3ccccc3Cl)OC2=O)ccc1OC(=O)c1ccccc1Cl. The summed E-state index contributed by atoms with van der Waals surface area (Å²) in [6.07, 6.45) is 1.54. The van der Waals surface area contributed by atoms with Crippen molar-refractivity contribution < 1.29 is 23.8 Å². The van der Waals surface area contributed by atoms with E-state index in [0.29, 0.717) is 21.9 Å². The van der Waals surface area contributed by atoms with E-state index in [4.69, 9.17) is 37.4 Å². The van der Waals surface area contributed by atoms with Gasteiger partial charge in [0.1, 0.15) is 0 Å². The molecular formula is C24H15Cl2NO5. The molecule has 0 saturated carbocycles. The first-order valence-electron chi connectivity index (χ1n) is 9.38. The molecule has 1 heterocycles. The monoisotopic (exact) mass is 467 g/mol. The second-order valence-electron chi connectivity index (χ2n) is 6.60. The Kier molecular flexibility index (Phi) is 6.25. The van der Waals surface area contributed by atoms with E-state index < -0.39 is 11.9 Å². The van der Waals surface area contributed by atoms with E-state index in [1.807, 2.05) is 0 Å². The smallest absolute Gasteiger partial charge is 0.363 e. The largest absolute Gasteiger partial charge is 0.493 e. The highest BCUT2D eigenvalue weighted by Crippen LogP contribution is 2.31. The molecule has 0 unspecified atom stereocenters. The number of halogens is 2. The number of nitrogens with zero attached hydrogens (tertiary/aromatic N) is 1. The molecule has 160 valence electrons. The normalized spacial score (nSPS) is 14.2. The minimum atomic E-state index is -0.617. The summed E-state index contributed by atoms with van der Waals surface area (Å²) in [4.78, 5) is 29.0. The molecule has 0 amide bonds. The number of hydrogen-bond acceptors (Lipinski definition) is 6. The Balaban J connectivity index is 1.60. The number of cyclic esters (lactones) is 1. The van der Waals surface area contributed by atoms with E-state index in [1.54, 1.807) is 66.7 Å². The summed E-state index contributed by atoms with van der Waals surface area (Å²) in [6.45, 7) is 0. The first kappa shape index (κ1) is 21.6. The maximum Gasteiger partial charge on any atom is 0.363 e. The predicted octanol–water partition coefficient (Wildman–Crippen LogP) is 5.57. The lowest BCUT2D eigenvalue weighted by molar-refractivity contribution is -0.129. The molecule has 32 heavy (non-hydrogen) atoms. The third kappa shape index (κ3) is 4.51. The fourth-order valence-electron chi connectivity index (χ4n) is 2.96. The van der Waals surface area contributed by atoms with Crippen LogP contribution in [-0.4, -0.2) is 24.9 Å². The average molecular weight is 468 g/mol. The van der Waals surface area contributed by atoms with Gasteiger partial charge in [0.15, 0.2) is 17.2 Å². The third-order valence-electron chi connectivity index (χ3n) is 4.51. The first-order chi connectivity index (χ1) is 15.5. The van der Waals surface area contributed by atoms with Crippen molar-refractivity contribution >= 4 is 47.1 Å². The standard InChI is InChI=1S/C24H15Cl2NO5/c1-30-21-13-14(10-11-20(21)31-23(28)16-7-3-5-9-18(16)26)12-19-24(29)32-22(27-19)15-6-2-4-8-17(15)25/h2-13H,1H3. The van der Waals surface area contributed by atoms with E-state index in [2.05, 4.69) is 4.99 Å². The molecule has 0 bridgehead atoms. The van der Waals surface area contributed by atoms with Gasteiger partial charge in [0.05, 0.1) is 28.3 Å². The Morgan fingerprint density at radius 3 is 2.41 bits per heavy atom. The molecule has 4 rings (SSSR count). The maximum absolute atomic E-state index is 12.4. The topological polar surface area (TPSA) is 74.2 Å². The Bertz CT molecular complexity index is 1280. The Morgan fingerprint density at radius 1 is 0.969 bits per heavy atom. The van der Waals surface area contributed by atoms with Crippen LogP contribution in [0.3, 0.4) is 0 Å². The number of rotatable bonds is 5. The Hall–Kier alpha value is -3.61. The zero-order valence-corrected chi connectivity index (χ0v) is 18.2. The molecule has 0 fully saturated rings. The minimum absolute atomic E-state index is 0.0998. The van der Waals surface area contributed by atoms with Gasteiger partial charge in [-0.15, -0.1) is 0 Å². The van der Waals surface area contributed by atoms with Crippen molar-refractivity contribution in [2.45, 2.75) is 0 Å². The molecule has 0 saturated heterocycles. The number of ether oxygens (including phenoxy) is 3. The number of carbonyl (C=O) groups excluding carboxylic acids is 2. The van der Waals surface area contributed by atoms with Crippen LogP contribution >= 0.6 is 23.2 Å². The van der Waals surface area contributed by atoms with Crippen LogP contribution in [0.5, 0.6) is 11.5 Å². The molecular weight excluding hydrogens is 453 g/mol. The number of aliphatic imine (C=N–C) groups is 1. The molecule has 0 radical (unpaired) electrons. The van der Waals surface area contributed by atoms with Gasteiger partial charge in [-0.25, -0.2) is 14.6 Å². The molecule has 0 atom stereocenters. The molecule has 0 aromatic heterocycles. The van der Waals surface area contributed by atoms with Gasteiger partial charge in [-0.3, -0.25) is 0 Å². The maximum atomic E-state index is 12.4. The molecule has 6 nitrogen and oxygen atoms in total. The van der Waals surface area contributed by atoms with Crippen molar-refractivity contribution in [3.63, 3.8) is 0 Å². The van der Waals surface area contributed by atoms with Gasteiger partial charge >= 0.3 is 11.9 Å². The fourth-order valence-corrected chi connectivity index (χ4v) is 3.39. The predicted molar refractivity (Wildman–Crippen MR) is 121 cm³/mol. The second kappa shape index (κ2) is 9.26. The van der Waals surface area contributed by atoms with Gasteiger partial charge in [-0.2, -0.15) is 0 Å². The zero-order chi connectivity index (χ0) is 22.7. The zero-order valence-electron chi connectivity index (χ0n) is 16.7. The van der Waals surface area contributed by atoms with Crippen LogP contribution in [0.1, 0.15) is 21.5 Å². The number of hydrogen-bond donors (Lipinski definition) is 0. The van der Waals surface area contributed by atoms with Crippen molar-refractivity contribution in [1.82, 2.24) is 0 Å². The van der Waals surface area contributed by atoms with Crippen molar-refractivity contribution in [3.8, 4) is 11.5 Å². The van der Waals surface area contributed by atoms with E-state index in [1.165, 1.54) is 13.2 Å². The van der Waals surface area contributed by atoms with Gasteiger partial charge in [0.2, 0.25) is 5.90 Å². The van der Waals surface area contributed by atoms with E-state index >= 15 is 0 Å². The summed E-state index contributed by atoms with van der Waals surface area (Å²) in [7, 11) is 1.44. The summed E-state index contributed by atoms with van der Waals surface area (Å²) in [6, 6.07) is 18.3. The van der Waals surface area contributed by atoms with Crippen LogP contribution in [0, 0.1) is 0 Å². The molecule has 1 aliphatic rings. The summed E-state index contributed by atoms with van der Waals surface area (Å²) in [5.41, 5.74) is 1.45. The fraction of sp³-hybridized carbons (Fsp3) is 0.0417. The van der Waals surface area contributed by atoms with Crippen molar-refractivity contribution in [1.29, 1.82) is 0 Å². The summed E-state index contributed by atoms with van der Waals surface area (Å²) >= 11 is 12.2. The van der Waals surface area contributed by atoms with E-state index in [0.717, 1.165) is 0 Å². The van der Waals surface area contributed by atoms with Crippen LogP contribution < -0.4 is 9.47 Å². The molecule has 0 spiro atoms. The van der Waals surface area contributed by atoms with Crippen molar-refractivity contribution in [2.75, 3.05) is 7.11 Å². The molecule has 8 heteroatoms. The van der Waals surface area contributed by atoms with E-state index in [9.17, 15) is 9.59 Å². The van der Waals surface area contributed by atoms with Crippen molar-refractivity contribution in [3.05, 3.63) is 99.2 Å². The van der Waals surface area contributed by atoms with Crippen molar-refractivity contribution in [2.24, 2.45) is 4.99 Å². The Labute approximate surface area is 193 Å². The van der Waals surface area contributed by atoms with Gasteiger partial charge in [-0.05, 0) is 48.0 Å². The summed E-state index contributed by atoms with van der Waals surface area (Å²) in [5.74, 6) is -0.596. The van der Waals surface area contributed by atoms with Crippen LogP contribution in [0.2, 0.25) is 10.0 Å². The summed E-state index contributed by atoms with van der Waals surface area (Å²) < 4.78 is 16.0. The van der Waals surface area contributed by atoms with E-state index in [-0.39, 0.29) is 27.9 Å². The number of carbonyl (C=O) groups is 2. The van der Waals surface area contributed by atoms with Gasteiger partial charge in [-0.1, -0.05) is 53.5 Å². The molecule has 3 aromatic rings. The Morgan fingerprint density at radius 2 is 1.69 bits per heavy atom. The second-order valence-corrected chi connectivity index (χ2v) is 7.41. The lowest BCUT2D eigenvalue weighted by atomic mass is 10.1. The number of esters is 2. The molecule has 3 aromatic carbocycles. The lowest BCUT2D eigenvalue weighted by Gasteiger charge is -2.10. The quantitative estimate of drug-likeness (QED) is 0.278. The summed E-state index contributed by atoms with van der Waals surface area (Å²) in [5, 5.41) is 0.705. The highest BCUT2D eigenvalue weighted by molar-refractivity contribution is 6.34. The molecule has 1 aliphatic heterocycles. The van der Waals surface area contributed by atoms with Crippen LogP contribution in [0.25, 0.3) is 6.08 Å². The molecule has 0 N–H and O–H groups in total. The third-order valence-corrected chi connectivity index (χ3v) is 5.17. The van der Waals surface area contributed by atoms with Crippen LogP contribution in [0.4, 0.5) is 0 Å². The minimum Gasteiger partial charge on any atom is -0.493 e. The van der Waals surface area contributed by atoms with Crippen LogP contribution in [-0.2, 0) is 9.53 Å².